The van der Waals surface area contributed by atoms with Gasteiger partial charge in [-0.05, 0) is 56.0 Å². The molecule has 1 aliphatic rings. The van der Waals surface area contributed by atoms with Crippen LogP contribution in [0.15, 0.2) is 18.2 Å². The molecule has 1 saturated heterocycles. The number of nitrogens with zero attached hydrogens (tertiary/aromatic N) is 1. The predicted molar refractivity (Wildman–Crippen MR) is 79.4 cm³/mol. The van der Waals surface area contributed by atoms with Crippen LogP contribution in [0, 0.1) is 19.3 Å². The fraction of sp³-hybridized carbons (Fsp3) is 0.625. The topological polar surface area (TPSA) is 15.3 Å². The van der Waals surface area contributed by atoms with E-state index in [1.807, 2.05) is 0 Å². The van der Waals surface area contributed by atoms with Gasteiger partial charge in [0.15, 0.2) is 0 Å². The average molecular weight is 246 g/mol. The molecule has 0 saturated carbocycles. The van der Waals surface area contributed by atoms with Gasteiger partial charge < -0.3 is 10.2 Å². The van der Waals surface area contributed by atoms with Gasteiger partial charge in [-0.2, -0.15) is 0 Å². The molecule has 0 aromatic heterocycles. The number of piperidine rings is 1. The molecule has 2 nitrogen and oxygen atoms in total. The van der Waals surface area contributed by atoms with Crippen LogP contribution in [0.1, 0.15) is 31.4 Å². The van der Waals surface area contributed by atoms with E-state index >= 15 is 0 Å². The van der Waals surface area contributed by atoms with E-state index in [-0.39, 0.29) is 0 Å². The minimum Gasteiger partial charge on any atom is -0.371 e. The number of rotatable bonds is 2. The summed E-state index contributed by atoms with van der Waals surface area (Å²) in [4.78, 5) is 2.53. The Balaban J connectivity index is 2.18. The highest BCUT2D eigenvalue weighted by Crippen LogP contribution is 2.32. The van der Waals surface area contributed by atoms with Crippen molar-refractivity contribution in [3.8, 4) is 0 Å². The third-order valence-corrected chi connectivity index (χ3v) is 4.43. The van der Waals surface area contributed by atoms with Gasteiger partial charge in [-0.15, -0.1) is 0 Å². The number of hydrogen-bond donors (Lipinski definition) is 1. The Morgan fingerprint density at radius 2 is 1.94 bits per heavy atom. The van der Waals surface area contributed by atoms with Crippen molar-refractivity contribution >= 4 is 5.69 Å². The first-order valence-corrected chi connectivity index (χ1v) is 6.93. The molecule has 100 valence electrons. The maximum atomic E-state index is 3.46. The second kappa shape index (κ2) is 4.93. The quantitative estimate of drug-likeness (QED) is 0.862. The second-order valence-corrected chi connectivity index (χ2v) is 6.31. The Morgan fingerprint density at radius 1 is 1.22 bits per heavy atom. The highest BCUT2D eigenvalue weighted by atomic mass is 15.2. The van der Waals surface area contributed by atoms with Crippen molar-refractivity contribution in [2.45, 2.75) is 40.2 Å². The maximum Gasteiger partial charge on any atom is 0.0369 e. The molecule has 1 fully saturated rings. The van der Waals surface area contributed by atoms with Crippen LogP contribution in [0.3, 0.4) is 0 Å². The molecule has 1 heterocycles. The molecule has 1 atom stereocenters. The summed E-state index contributed by atoms with van der Waals surface area (Å²) in [6.07, 6.45) is 1.22. The molecular weight excluding hydrogens is 220 g/mol. The lowest BCUT2D eigenvalue weighted by Crippen LogP contribution is -2.53. The van der Waals surface area contributed by atoms with Crippen molar-refractivity contribution in [1.29, 1.82) is 0 Å². The molecule has 0 aliphatic carbocycles. The van der Waals surface area contributed by atoms with Crippen molar-refractivity contribution in [2.75, 3.05) is 25.0 Å². The number of hydrogen-bond acceptors (Lipinski definition) is 2. The van der Waals surface area contributed by atoms with Crippen molar-refractivity contribution in [2.24, 2.45) is 5.41 Å². The van der Waals surface area contributed by atoms with Crippen LogP contribution in [0.4, 0.5) is 5.69 Å². The van der Waals surface area contributed by atoms with Crippen LogP contribution in [-0.4, -0.2) is 26.2 Å². The van der Waals surface area contributed by atoms with Crippen LogP contribution >= 0.6 is 0 Å². The zero-order chi connectivity index (χ0) is 13.3. The standard InChI is InChI=1S/C16H26N2/c1-12-6-7-14(10-13(12)2)18-9-8-15(17-5)16(3,4)11-18/h6-7,10,15,17H,8-9,11H2,1-5H3. The van der Waals surface area contributed by atoms with Crippen molar-refractivity contribution in [1.82, 2.24) is 5.32 Å². The number of nitrogens with one attached hydrogen (secondary N) is 1. The Bertz CT molecular complexity index is 423. The summed E-state index contributed by atoms with van der Waals surface area (Å²) < 4.78 is 0. The van der Waals surface area contributed by atoms with E-state index in [4.69, 9.17) is 0 Å². The van der Waals surface area contributed by atoms with Gasteiger partial charge >= 0.3 is 0 Å². The van der Waals surface area contributed by atoms with Crippen LogP contribution in [0.25, 0.3) is 0 Å². The summed E-state index contributed by atoms with van der Waals surface area (Å²) in [5, 5.41) is 3.46. The van der Waals surface area contributed by atoms with Gasteiger partial charge in [0, 0.05) is 24.8 Å². The normalized spacial score (nSPS) is 23.2. The Morgan fingerprint density at radius 3 is 2.50 bits per heavy atom. The highest BCUT2D eigenvalue weighted by molar-refractivity contribution is 5.51. The molecule has 2 heteroatoms. The third-order valence-electron chi connectivity index (χ3n) is 4.43. The van der Waals surface area contributed by atoms with Gasteiger partial charge in [-0.25, -0.2) is 0 Å². The fourth-order valence-corrected chi connectivity index (χ4v) is 3.03. The molecule has 0 spiro atoms. The van der Waals surface area contributed by atoms with E-state index in [1.54, 1.807) is 0 Å². The minimum atomic E-state index is 0.325. The average Bonchev–Trinajstić information content (AvgIpc) is 2.31. The van der Waals surface area contributed by atoms with Gasteiger partial charge in [0.05, 0.1) is 0 Å². The van der Waals surface area contributed by atoms with E-state index in [1.165, 1.54) is 23.2 Å². The summed E-state index contributed by atoms with van der Waals surface area (Å²) >= 11 is 0. The van der Waals surface area contributed by atoms with Crippen molar-refractivity contribution in [3.05, 3.63) is 29.3 Å². The largest absolute Gasteiger partial charge is 0.371 e. The number of anilines is 1. The lowest BCUT2D eigenvalue weighted by atomic mass is 9.79. The van der Waals surface area contributed by atoms with Crippen LogP contribution in [0.5, 0.6) is 0 Å². The minimum absolute atomic E-state index is 0.325. The molecule has 0 amide bonds. The lowest BCUT2D eigenvalue weighted by Gasteiger charge is -2.45. The van der Waals surface area contributed by atoms with Crippen molar-refractivity contribution in [3.63, 3.8) is 0 Å². The Labute approximate surface area is 111 Å². The van der Waals surface area contributed by atoms with Gasteiger partial charge in [0.1, 0.15) is 0 Å². The fourth-order valence-electron chi connectivity index (χ4n) is 3.03. The van der Waals surface area contributed by atoms with Gasteiger partial charge in [0.25, 0.3) is 0 Å². The van der Waals surface area contributed by atoms with E-state index in [0.717, 1.165) is 13.1 Å². The predicted octanol–water partition coefficient (Wildman–Crippen LogP) is 3.13. The molecule has 1 unspecified atom stereocenters. The van der Waals surface area contributed by atoms with Gasteiger partial charge in [-0.1, -0.05) is 19.9 Å². The Hall–Kier alpha value is -1.02. The molecular formula is C16H26N2. The van der Waals surface area contributed by atoms with Gasteiger partial charge in [-0.3, -0.25) is 0 Å². The smallest absolute Gasteiger partial charge is 0.0369 e. The summed E-state index contributed by atoms with van der Waals surface area (Å²) in [6, 6.07) is 7.45. The summed E-state index contributed by atoms with van der Waals surface area (Å²) in [5.74, 6) is 0. The molecule has 0 bridgehead atoms. The van der Waals surface area contributed by atoms with E-state index in [2.05, 4.69) is 63.2 Å². The molecule has 2 rings (SSSR count). The molecule has 1 aliphatic heterocycles. The summed E-state index contributed by atoms with van der Waals surface area (Å²) in [5.41, 5.74) is 4.47. The maximum absolute atomic E-state index is 3.46. The molecule has 0 radical (unpaired) electrons. The van der Waals surface area contributed by atoms with E-state index < -0.39 is 0 Å². The summed E-state index contributed by atoms with van der Waals surface area (Å²) in [7, 11) is 2.08. The van der Waals surface area contributed by atoms with Crippen LogP contribution < -0.4 is 10.2 Å². The molecule has 18 heavy (non-hydrogen) atoms. The summed E-state index contributed by atoms with van der Waals surface area (Å²) in [6.45, 7) is 11.4. The molecule has 1 N–H and O–H groups in total. The highest BCUT2D eigenvalue weighted by Gasteiger charge is 2.34. The number of aryl methyl sites for hydroxylation is 2. The second-order valence-electron chi connectivity index (χ2n) is 6.31. The van der Waals surface area contributed by atoms with Crippen LogP contribution in [0.2, 0.25) is 0 Å². The first-order valence-electron chi connectivity index (χ1n) is 6.93. The zero-order valence-electron chi connectivity index (χ0n) is 12.4. The lowest BCUT2D eigenvalue weighted by molar-refractivity contribution is 0.215. The van der Waals surface area contributed by atoms with E-state index in [0.29, 0.717) is 11.5 Å². The molecule has 1 aromatic rings. The van der Waals surface area contributed by atoms with Crippen LogP contribution in [-0.2, 0) is 0 Å². The van der Waals surface area contributed by atoms with E-state index in [9.17, 15) is 0 Å². The number of benzene rings is 1. The first-order chi connectivity index (χ1) is 8.44. The molecule has 1 aromatic carbocycles. The first kappa shape index (κ1) is 13.4. The van der Waals surface area contributed by atoms with Crippen molar-refractivity contribution < 1.29 is 0 Å². The third kappa shape index (κ3) is 2.54. The Kier molecular flexibility index (Phi) is 3.67. The monoisotopic (exact) mass is 246 g/mol. The SMILES string of the molecule is CNC1CCN(c2ccc(C)c(C)c2)CC1(C)C. The van der Waals surface area contributed by atoms with Gasteiger partial charge in [0.2, 0.25) is 0 Å². The zero-order valence-corrected chi connectivity index (χ0v) is 12.4.